The molecule has 5 rings (SSSR count). The highest BCUT2D eigenvalue weighted by Crippen LogP contribution is 2.42. The van der Waals surface area contributed by atoms with Gasteiger partial charge in [0.2, 0.25) is 29.9 Å². The van der Waals surface area contributed by atoms with E-state index in [2.05, 4.69) is 35.9 Å². The Kier molecular flexibility index (Phi) is 13.2. The van der Waals surface area contributed by atoms with Crippen LogP contribution in [0.4, 0.5) is 14.6 Å². The molecule has 0 bridgehead atoms. The number of pyridine rings is 1. The molecule has 56 heavy (non-hydrogen) atoms. The highest BCUT2D eigenvalue weighted by Gasteiger charge is 2.59. The van der Waals surface area contributed by atoms with Crippen LogP contribution in [0.3, 0.4) is 0 Å². The van der Waals surface area contributed by atoms with Crippen molar-refractivity contribution in [1.82, 2.24) is 44.9 Å². The van der Waals surface area contributed by atoms with Crippen LogP contribution in [-0.4, -0.2) is 136 Å². The molecule has 21 heteroatoms. The second kappa shape index (κ2) is 17.9. The Morgan fingerprint density at radius 2 is 1.88 bits per heavy atom. The molecule has 0 saturated carbocycles. The summed E-state index contributed by atoms with van der Waals surface area (Å²) in [6.45, 7) is 4.07. The minimum Gasteiger partial charge on any atom is -0.394 e. The number of imidazole rings is 1. The van der Waals surface area contributed by atoms with Crippen molar-refractivity contribution in [3.05, 3.63) is 71.1 Å². The van der Waals surface area contributed by atoms with Crippen molar-refractivity contribution in [3.8, 4) is 0 Å². The number of likely N-dealkylation sites (tertiary alicyclic amines) is 1. The summed E-state index contributed by atoms with van der Waals surface area (Å²) in [6, 6.07) is -0.343. The number of nitrogens with zero attached hydrogens (tertiary/aromatic N) is 6. The number of alkyl halides is 2. The number of rotatable bonds is 15. The van der Waals surface area contributed by atoms with E-state index < -0.39 is 90.4 Å². The predicted molar refractivity (Wildman–Crippen MR) is 191 cm³/mol. The van der Waals surface area contributed by atoms with Crippen LogP contribution >= 0.6 is 0 Å². The van der Waals surface area contributed by atoms with Gasteiger partial charge in [-0.25, -0.2) is 9.78 Å². The fourth-order valence-electron chi connectivity index (χ4n) is 6.56. The lowest BCUT2D eigenvalue weighted by Gasteiger charge is -2.33. The molecule has 6 N–H and O–H groups in total. The lowest BCUT2D eigenvalue weighted by Crippen LogP contribution is -2.58. The third kappa shape index (κ3) is 9.06. The van der Waals surface area contributed by atoms with E-state index in [-0.39, 0.29) is 25.3 Å². The summed E-state index contributed by atoms with van der Waals surface area (Å²) in [5.41, 5.74) is -0.526. The molecule has 7 atom stereocenters. The van der Waals surface area contributed by atoms with Gasteiger partial charge in [0.15, 0.2) is 6.10 Å². The Morgan fingerprint density at radius 1 is 1.14 bits per heavy atom. The van der Waals surface area contributed by atoms with Gasteiger partial charge in [-0.3, -0.25) is 33.5 Å². The number of aliphatic hydroxyl groups is 2. The van der Waals surface area contributed by atoms with Crippen molar-refractivity contribution in [2.24, 2.45) is 0 Å². The standard InChI is InChI=1S/C35H44F2N10O9/c1-4-12-45(20(3)28(50)43-26-9-14-47(34(55)44-26)33-35(36,37)27(49)25(17-48)56-33)32(54)23(15-22-16-39-18-40-22)42-30(52)24-6-5-13-46(24)31(53)19(2)41-29(51)21-7-10-38-11-8-21/h7-11,14,16,18-20,23-25,27,33,48-49H,4-6,12-13,15,17H2,1-3H3,(H,39,40)(H,41,51)(H,42,52)(H,43,44,50,55)/t19-,20+,23+,24+,25?,27?,33?/m1/s1. The fraction of sp³-hybridized carbons (Fsp3) is 0.514. The number of anilines is 1. The summed E-state index contributed by atoms with van der Waals surface area (Å²) < 4.78 is 34.7. The van der Waals surface area contributed by atoms with E-state index in [0.717, 1.165) is 12.3 Å². The zero-order valence-corrected chi connectivity index (χ0v) is 30.8. The molecule has 5 amide bonds. The molecule has 5 heterocycles. The predicted octanol–water partition coefficient (Wildman–Crippen LogP) is -0.650. The van der Waals surface area contributed by atoms with Gasteiger partial charge < -0.3 is 45.7 Å². The zero-order valence-electron chi connectivity index (χ0n) is 30.8. The van der Waals surface area contributed by atoms with E-state index in [1.54, 1.807) is 6.92 Å². The van der Waals surface area contributed by atoms with E-state index in [9.17, 15) is 47.8 Å². The van der Waals surface area contributed by atoms with Gasteiger partial charge in [0, 0.05) is 49.9 Å². The van der Waals surface area contributed by atoms with Crippen molar-refractivity contribution < 1.29 is 47.7 Å². The summed E-state index contributed by atoms with van der Waals surface area (Å²) in [5.74, 6) is -7.32. The maximum Gasteiger partial charge on any atom is 0.351 e. The molecule has 0 radical (unpaired) electrons. The largest absolute Gasteiger partial charge is 0.394 e. The monoisotopic (exact) mass is 786 g/mol. The summed E-state index contributed by atoms with van der Waals surface area (Å²) in [7, 11) is 0. The second-order valence-electron chi connectivity index (χ2n) is 13.5. The van der Waals surface area contributed by atoms with Gasteiger partial charge in [-0.15, -0.1) is 0 Å². The molecule has 0 aliphatic carbocycles. The summed E-state index contributed by atoms with van der Waals surface area (Å²) in [4.78, 5) is 97.6. The number of nitrogens with one attached hydrogen (secondary N) is 4. The first kappa shape index (κ1) is 41.5. The molecule has 2 saturated heterocycles. The number of carbonyl (C=O) groups is 5. The van der Waals surface area contributed by atoms with Crippen LogP contribution in [0.1, 0.15) is 62.3 Å². The molecule has 3 aromatic heterocycles. The van der Waals surface area contributed by atoms with Crippen molar-refractivity contribution in [2.45, 2.75) is 95.0 Å². The molecule has 2 aliphatic heterocycles. The van der Waals surface area contributed by atoms with Gasteiger partial charge in [-0.05, 0) is 51.3 Å². The van der Waals surface area contributed by atoms with Gasteiger partial charge in [-0.2, -0.15) is 13.8 Å². The molecule has 0 spiro atoms. The topological polar surface area (TPSA) is 254 Å². The number of carbonyl (C=O) groups excluding carboxylic acids is 5. The van der Waals surface area contributed by atoms with E-state index in [1.807, 2.05) is 0 Å². The van der Waals surface area contributed by atoms with E-state index in [1.165, 1.54) is 60.7 Å². The first-order chi connectivity index (χ1) is 26.7. The Morgan fingerprint density at radius 3 is 2.50 bits per heavy atom. The summed E-state index contributed by atoms with van der Waals surface area (Å²) in [5, 5.41) is 26.9. The SMILES string of the molecule is CCCN(C(=O)[C@H](Cc1c[nH]cn1)NC(=O)[C@@H]1CCCN1C(=O)[C@@H](C)NC(=O)c1ccncc1)[C@@H](C)C(=O)Nc1ccn(C2OC(CO)C(O)C2(F)F)c(=O)n1. The van der Waals surface area contributed by atoms with Crippen molar-refractivity contribution in [1.29, 1.82) is 0 Å². The Balaban J connectivity index is 1.29. The van der Waals surface area contributed by atoms with Crippen LogP contribution < -0.4 is 21.6 Å². The van der Waals surface area contributed by atoms with Crippen LogP contribution in [-0.2, 0) is 30.3 Å². The number of amides is 5. The molecule has 0 aromatic carbocycles. The molecule has 2 aliphatic rings. The van der Waals surface area contributed by atoms with Crippen molar-refractivity contribution >= 4 is 35.4 Å². The molecular formula is C35H44F2N10O9. The Bertz CT molecular complexity index is 1930. The first-order valence-electron chi connectivity index (χ1n) is 18.0. The highest BCUT2D eigenvalue weighted by molar-refractivity contribution is 6.00. The maximum absolute atomic E-state index is 14.6. The van der Waals surface area contributed by atoms with Crippen molar-refractivity contribution in [2.75, 3.05) is 25.0 Å². The van der Waals surface area contributed by atoms with E-state index in [0.29, 0.717) is 35.1 Å². The van der Waals surface area contributed by atoms with Crippen LogP contribution in [0.25, 0.3) is 0 Å². The number of aliphatic hydroxyl groups excluding tert-OH is 2. The molecule has 3 aromatic rings. The van der Waals surface area contributed by atoms with Crippen LogP contribution in [0.15, 0.2) is 54.1 Å². The Hall–Kier alpha value is -5.67. The molecule has 3 unspecified atom stereocenters. The molecule has 2 fully saturated rings. The van der Waals surface area contributed by atoms with Crippen molar-refractivity contribution in [3.63, 3.8) is 0 Å². The lowest BCUT2D eigenvalue weighted by molar-refractivity contribution is -0.143. The van der Waals surface area contributed by atoms with Gasteiger partial charge in [0.1, 0.15) is 36.1 Å². The molecular weight excluding hydrogens is 742 g/mol. The highest BCUT2D eigenvalue weighted by atomic mass is 19.3. The summed E-state index contributed by atoms with van der Waals surface area (Å²) >= 11 is 0. The number of aromatic amines is 1. The minimum atomic E-state index is -3.94. The maximum atomic E-state index is 14.6. The molecule has 19 nitrogen and oxygen atoms in total. The number of ether oxygens (including phenoxy) is 1. The first-order valence-corrected chi connectivity index (χ1v) is 18.0. The van der Waals surface area contributed by atoms with Gasteiger partial charge in [-0.1, -0.05) is 6.92 Å². The quantitative estimate of drug-likeness (QED) is 0.112. The second-order valence-corrected chi connectivity index (χ2v) is 13.5. The van der Waals surface area contributed by atoms with E-state index >= 15 is 0 Å². The fourth-order valence-corrected chi connectivity index (χ4v) is 6.56. The van der Waals surface area contributed by atoms with Crippen LogP contribution in [0.2, 0.25) is 0 Å². The smallest absolute Gasteiger partial charge is 0.351 e. The molecule has 302 valence electrons. The number of halogens is 2. The van der Waals surface area contributed by atoms with E-state index in [4.69, 9.17) is 4.74 Å². The average molecular weight is 787 g/mol. The Labute approximate surface area is 318 Å². The van der Waals surface area contributed by atoms with Crippen LogP contribution in [0, 0.1) is 0 Å². The van der Waals surface area contributed by atoms with Gasteiger partial charge in [0.25, 0.3) is 5.91 Å². The average Bonchev–Trinajstić information content (AvgIpc) is 3.94. The minimum absolute atomic E-state index is 0.0561. The van der Waals surface area contributed by atoms with Gasteiger partial charge in [0.05, 0.1) is 18.6 Å². The number of hydrogen-bond donors (Lipinski definition) is 6. The number of aromatic nitrogens is 5. The number of H-pyrrole nitrogens is 1. The summed E-state index contributed by atoms with van der Waals surface area (Å²) in [6.07, 6.45) is 1.51. The zero-order chi connectivity index (χ0) is 40.7. The lowest BCUT2D eigenvalue weighted by atomic mass is 10.1. The normalized spacial score (nSPS) is 21.8. The van der Waals surface area contributed by atoms with Crippen LogP contribution in [0.5, 0.6) is 0 Å². The third-order valence-corrected chi connectivity index (χ3v) is 9.57. The van der Waals surface area contributed by atoms with Gasteiger partial charge >= 0.3 is 11.6 Å². The number of hydrogen-bond acceptors (Lipinski definition) is 12. The third-order valence-electron chi connectivity index (χ3n) is 9.57.